The maximum absolute atomic E-state index is 10.4. The van der Waals surface area contributed by atoms with Crippen LogP contribution in [0, 0.1) is 0 Å². The van der Waals surface area contributed by atoms with Crippen LogP contribution in [0.25, 0.3) is 5.57 Å². The van der Waals surface area contributed by atoms with E-state index in [4.69, 9.17) is 4.74 Å². The van der Waals surface area contributed by atoms with Gasteiger partial charge < -0.3 is 9.84 Å². The van der Waals surface area contributed by atoms with Crippen LogP contribution in [-0.2, 0) is 0 Å². The first-order valence-electron chi connectivity index (χ1n) is 5.45. The van der Waals surface area contributed by atoms with E-state index >= 15 is 0 Å². The Balaban J connectivity index is 2.06. The Morgan fingerprint density at radius 3 is 2.73 bits per heavy atom. The minimum atomic E-state index is -0.583. The molecular weight excluding hydrogens is 188 g/mol. The molecule has 0 spiro atoms. The van der Waals surface area contributed by atoms with Gasteiger partial charge in [0.1, 0.15) is 12.4 Å². The van der Waals surface area contributed by atoms with Crippen molar-refractivity contribution in [3.05, 3.63) is 35.9 Å². The van der Waals surface area contributed by atoms with Gasteiger partial charge in [-0.05, 0) is 37.0 Å². The molecule has 1 aliphatic carbocycles. The molecule has 0 atom stereocenters. The second kappa shape index (κ2) is 3.11. The van der Waals surface area contributed by atoms with E-state index in [2.05, 4.69) is 0 Å². The number of hydrogen-bond donors (Lipinski definition) is 1. The van der Waals surface area contributed by atoms with Crippen molar-refractivity contribution < 1.29 is 9.84 Å². The van der Waals surface area contributed by atoms with Gasteiger partial charge in [-0.25, -0.2) is 0 Å². The van der Waals surface area contributed by atoms with Crippen molar-refractivity contribution in [2.45, 2.75) is 24.9 Å². The minimum Gasteiger partial charge on any atom is -0.489 e. The lowest BCUT2D eigenvalue weighted by Crippen LogP contribution is -2.39. The molecule has 78 valence electrons. The largest absolute Gasteiger partial charge is 0.489 e. The number of fused-ring (bicyclic) bond motifs is 1. The van der Waals surface area contributed by atoms with Crippen LogP contribution in [0.5, 0.6) is 5.75 Å². The van der Waals surface area contributed by atoms with Crippen LogP contribution in [-0.4, -0.2) is 17.3 Å². The monoisotopic (exact) mass is 202 g/mol. The van der Waals surface area contributed by atoms with Gasteiger partial charge in [-0.1, -0.05) is 18.2 Å². The van der Waals surface area contributed by atoms with Crippen LogP contribution in [0.2, 0.25) is 0 Å². The molecule has 0 radical (unpaired) electrons. The average Bonchev–Trinajstić information content (AvgIpc) is 2.25. The third kappa shape index (κ3) is 1.29. The molecular formula is C13H14O2. The number of rotatable bonds is 1. The maximum Gasteiger partial charge on any atom is 0.127 e. The summed E-state index contributed by atoms with van der Waals surface area (Å²) in [5, 5.41) is 10.4. The number of hydrogen-bond acceptors (Lipinski definition) is 2. The number of para-hydroxylation sites is 1. The van der Waals surface area contributed by atoms with Gasteiger partial charge in [-0.2, -0.15) is 0 Å². The van der Waals surface area contributed by atoms with Crippen molar-refractivity contribution in [1.82, 2.24) is 0 Å². The van der Waals surface area contributed by atoms with Crippen molar-refractivity contribution in [3.63, 3.8) is 0 Å². The summed E-state index contributed by atoms with van der Waals surface area (Å²) < 4.78 is 5.53. The zero-order chi connectivity index (χ0) is 10.3. The zero-order valence-corrected chi connectivity index (χ0v) is 8.57. The molecule has 1 heterocycles. The lowest BCUT2D eigenvalue weighted by molar-refractivity contribution is 0.0234. The highest BCUT2D eigenvalue weighted by molar-refractivity contribution is 5.78. The van der Waals surface area contributed by atoms with Crippen molar-refractivity contribution in [1.29, 1.82) is 0 Å². The lowest BCUT2D eigenvalue weighted by atomic mass is 9.72. The van der Waals surface area contributed by atoms with Crippen LogP contribution in [0.3, 0.4) is 0 Å². The van der Waals surface area contributed by atoms with E-state index in [1.165, 1.54) is 0 Å². The number of benzene rings is 1. The summed E-state index contributed by atoms with van der Waals surface area (Å²) in [6.07, 6.45) is 4.90. The van der Waals surface area contributed by atoms with E-state index in [1.54, 1.807) is 0 Å². The fourth-order valence-corrected chi connectivity index (χ4v) is 2.36. The Bertz CT molecular complexity index is 416. The molecule has 3 rings (SSSR count). The highest BCUT2D eigenvalue weighted by Crippen LogP contribution is 2.46. The Morgan fingerprint density at radius 1 is 1.20 bits per heavy atom. The van der Waals surface area contributed by atoms with E-state index < -0.39 is 5.60 Å². The quantitative estimate of drug-likeness (QED) is 0.757. The van der Waals surface area contributed by atoms with E-state index in [0.717, 1.165) is 36.1 Å². The maximum atomic E-state index is 10.4. The van der Waals surface area contributed by atoms with Crippen molar-refractivity contribution >= 4 is 5.57 Å². The van der Waals surface area contributed by atoms with Gasteiger partial charge in [0.15, 0.2) is 0 Å². The van der Waals surface area contributed by atoms with Gasteiger partial charge in [0.25, 0.3) is 0 Å². The highest BCUT2D eigenvalue weighted by atomic mass is 16.5. The lowest BCUT2D eigenvalue weighted by Gasteiger charge is -2.40. The number of ether oxygens (including phenoxy) is 1. The third-order valence-electron chi connectivity index (χ3n) is 3.39. The summed E-state index contributed by atoms with van der Waals surface area (Å²) in [5.74, 6) is 0.898. The molecule has 0 unspecified atom stereocenters. The summed E-state index contributed by atoms with van der Waals surface area (Å²) in [5.41, 5.74) is 1.54. The van der Waals surface area contributed by atoms with Crippen LogP contribution >= 0.6 is 0 Å². The van der Waals surface area contributed by atoms with Gasteiger partial charge in [0.2, 0.25) is 0 Å². The second-order valence-corrected chi connectivity index (χ2v) is 4.31. The number of aliphatic hydroxyl groups is 1. The molecule has 2 heteroatoms. The molecule has 0 aromatic heterocycles. The topological polar surface area (TPSA) is 29.5 Å². The summed E-state index contributed by atoms with van der Waals surface area (Å²) >= 11 is 0. The Morgan fingerprint density at radius 2 is 2.00 bits per heavy atom. The van der Waals surface area contributed by atoms with E-state index in [1.807, 2.05) is 30.3 Å². The molecule has 1 aromatic rings. The first-order valence-corrected chi connectivity index (χ1v) is 5.45. The van der Waals surface area contributed by atoms with Crippen molar-refractivity contribution in [2.75, 3.05) is 6.61 Å². The van der Waals surface area contributed by atoms with Crippen molar-refractivity contribution in [3.8, 4) is 5.75 Å². The first kappa shape index (κ1) is 8.98. The Kier molecular flexibility index (Phi) is 1.86. The molecule has 2 nitrogen and oxygen atoms in total. The van der Waals surface area contributed by atoms with Crippen LogP contribution in [0.4, 0.5) is 0 Å². The standard InChI is InChI=1S/C13H14O2/c14-13(7-3-8-13)11-6-9-15-12-5-2-1-4-10(11)12/h1-2,4-6,14H,3,7-9H2. The highest BCUT2D eigenvalue weighted by Gasteiger charge is 2.40. The molecule has 1 N–H and O–H groups in total. The van der Waals surface area contributed by atoms with E-state index in [-0.39, 0.29) is 0 Å². The zero-order valence-electron chi connectivity index (χ0n) is 8.57. The fraction of sp³-hybridized carbons (Fsp3) is 0.385. The Hall–Kier alpha value is -1.28. The molecule has 1 aliphatic heterocycles. The van der Waals surface area contributed by atoms with Gasteiger partial charge in [0, 0.05) is 5.56 Å². The summed E-state index contributed by atoms with van der Waals surface area (Å²) in [6, 6.07) is 7.94. The summed E-state index contributed by atoms with van der Waals surface area (Å²) in [6.45, 7) is 0.578. The second-order valence-electron chi connectivity index (χ2n) is 4.31. The normalized spacial score (nSPS) is 22.1. The molecule has 0 amide bonds. The molecule has 2 aliphatic rings. The Labute approximate surface area is 89.2 Å². The molecule has 0 saturated heterocycles. The third-order valence-corrected chi connectivity index (χ3v) is 3.39. The van der Waals surface area contributed by atoms with E-state index in [9.17, 15) is 5.11 Å². The smallest absolute Gasteiger partial charge is 0.127 e. The molecule has 1 saturated carbocycles. The molecule has 15 heavy (non-hydrogen) atoms. The van der Waals surface area contributed by atoms with Gasteiger partial charge >= 0.3 is 0 Å². The van der Waals surface area contributed by atoms with Gasteiger partial charge in [-0.3, -0.25) is 0 Å². The van der Waals surface area contributed by atoms with Crippen molar-refractivity contribution in [2.24, 2.45) is 0 Å². The average molecular weight is 202 g/mol. The first-order chi connectivity index (χ1) is 7.30. The molecule has 1 fully saturated rings. The predicted octanol–water partition coefficient (Wildman–Crippen LogP) is 2.38. The van der Waals surface area contributed by atoms with E-state index in [0.29, 0.717) is 6.61 Å². The molecule has 0 bridgehead atoms. The SMILES string of the molecule is OC1(C2=CCOc3ccccc32)CCC1. The fourth-order valence-electron chi connectivity index (χ4n) is 2.36. The molecule has 1 aromatic carbocycles. The van der Waals surface area contributed by atoms with Crippen LogP contribution in [0.1, 0.15) is 24.8 Å². The van der Waals surface area contributed by atoms with Gasteiger partial charge in [0.05, 0.1) is 5.60 Å². The van der Waals surface area contributed by atoms with Gasteiger partial charge in [-0.15, -0.1) is 0 Å². The summed E-state index contributed by atoms with van der Waals surface area (Å²) in [4.78, 5) is 0. The predicted molar refractivity (Wildman–Crippen MR) is 58.7 cm³/mol. The van der Waals surface area contributed by atoms with Crippen LogP contribution < -0.4 is 4.74 Å². The van der Waals surface area contributed by atoms with Crippen LogP contribution in [0.15, 0.2) is 30.3 Å². The summed E-state index contributed by atoms with van der Waals surface area (Å²) in [7, 11) is 0. The minimum absolute atomic E-state index is 0.578.